The van der Waals surface area contributed by atoms with E-state index in [4.69, 9.17) is 9.15 Å². The Labute approximate surface area is 234 Å². The Bertz CT molecular complexity index is 1680. The van der Waals surface area contributed by atoms with Gasteiger partial charge in [-0.2, -0.15) is 5.10 Å². The zero-order chi connectivity index (χ0) is 28.4. The number of aromatic nitrogens is 2. The third-order valence-corrected chi connectivity index (χ3v) is 7.29. The van der Waals surface area contributed by atoms with E-state index in [1.54, 1.807) is 18.3 Å². The Morgan fingerprint density at radius 1 is 0.875 bits per heavy atom. The lowest BCUT2D eigenvalue weighted by Crippen LogP contribution is -2.16. The number of hydrogen-bond donors (Lipinski definition) is 1. The van der Waals surface area contributed by atoms with Crippen LogP contribution in [0.2, 0.25) is 0 Å². The van der Waals surface area contributed by atoms with Gasteiger partial charge < -0.3 is 18.3 Å². The van der Waals surface area contributed by atoms with E-state index in [0.29, 0.717) is 5.76 Å². The number of ether oxygens (including phenoxy) is 1. The maximum Gasteiger partial charge on any atom is 0.307 e. The van der Waals surface area contributed by atoms with Crippen molar-refractivity contribution < 1.29 is 13.9 Å². The third-order valence-electron chi connectivity index (χ3n) is 7.29. The van der Waals surface area contributed by atoms with Crippen molar-refractivity contribution in [3.63, 3.8) is 0 Å². The highest BCUT2D eigenvalue weighted by atomic mass is 16.5. The molecule has 0 unspecified atom stereocenters. The molecule has 3 aromatic heterocycles. The molecular weight excluding hydrogens is 500 g/mol. The molecule has 5 rings (SSSR count). The fraction of sp³-hybridized carbons (Fsp3) is 0.212. The molecule has 3 heterocycles. The average Bonchev–Trinajstić information content (AvgIpc) is 3.62. The van der Waals surface area contributed by atoms with E-state index in [0.717, 1.165) is 34.1 Å². The lowest BCUT2D eigenvalue weighted by molar-refractivity contribution is 0.0923. The second-order valence-electron chi connectivity index (χ2n) is 10.1. The second kappa shape index (κ2) is 11.1. The first-order valence-corrected chi connectivity index (χ1v) is 13.3. The molecule has 0 atom stereocenters. The predicted molar refractivity (Wildman–Crippen MR) is 158 cm³/mol. The van der Waals surface area contributed by atoms with E-state index in [1.165, 1.54) is 22.5 Å². The average molecular weight is 535 g/mol. The second-order valence-corrected chi connectivity index (χ2v) is 10.1. The molecule has 0 radical (unpaired) electrons. The molecule has 7 heteroatoms. The van der Waals surface area contributed by atoms with Gasteiger partial charge in [0.2, 0.25) is 0 Å². The molecule has 0 aliphatic heterocycles. The maximum atomic E-state index is 12.6. The van der Waals surface area contributed by atoms with Crippen LogP contribution in [0.4, 0.5) is 0 Å². The highest BCUT2D eigenvalue weighted by molar-refractivity contribution is 5.92. The van der Waals surface area contributed by atoms with Gasteiger partial charge in [0.05, 0.1) is 6.21 Å². The Morgan fingerprint density at radius 3 is 2.33 bits per heavy atom. The van der Waals surface area contributed by atoms with Gasteiger partial charge >= 0.3 is 5.91 Å². The number of rotatable bonds is 8. The number of benzene rings is 2. The normalized spacial score (nSPS) is 11.3. The van der Waals surface area contributed by atoms with Crippen molar-refractivity contribution in [1.82, 2.24) is 14.6 Å². The van der Waals surface area contributed by atoms with Crippen molar-refractivity contribution in [2.45, 2.75) is 48.1 Å². The van der Waals surface area contributed by atoms with Gasteiger partial charge in [-0.3, -0.25) is 4.79 Å². The predicted octanol–water partition coefficient (Wildman–Crippen LogP) is 7.05. The minimum atomic E-state index is -0.423. The summed E-state index contributed by atoms with van der Waals surface area (Å²) in [6.45, 7) is 12.7. The fourth-order valence-corrected chi connectivity index (χ4v) is 4.98. The van der Waals surface area contributed by atoms with Gasteiger partial charge in [-0.05, 0) is 113 Å². The van der Waals surface area contributed by atoms with Crippen LogP contribution >= 0.6 is 0 Å². The van der Waals surface area contributed by atoms with Crippen molar-refractivity contribution in [3.05, 3.63) is 124 Å². The molecule has 40 heavy (non-hydrogen) atoms. The number of aryl methyl sites for hydroxylation is 4. The van der Waals surface area contributed by atoms with Gasteiger partial charge in [0, 0.05) is 39.7 Å². The molecule has 0 aliphatic rings. The molecular formula is C33H34N4O3. The minimum Gasteiger partial charge on any atom is -0.486 e. The molecule has 204 valence electrons. The summed E-state index contributed by atoms with van der Waals surface area (Å²) >= 11 is 0. The quantitative estimate of drug-likeness (QED) is 0.171. The molecule has 7 nitrogen and oxygen atoms in total. The van der Waals surface area contributed by atoms with Crippen LogP contribution in [0.1, 0.15) is 55.8 Å². The van der Waals surface area contributed by atoms with Crippen LogP contribution < -0.4 is 10.2 Å². The highest BCUT2D eigenvalue weighted by Gasteiger charge is 2.14. The zero-order valence-corrected chi connectivity index (χ0v) is 23.8. The summed E-state index contributed by atoms with van der Waals surface area (Å²) in [4.78, 5) is 12.6. The highest BCUT2D eigenvalue weighted by Crippen LogP contribution is 2.24. The first kappa shape index (κ1) is 26.8. The molecule has 0 spiro atoms. The van der Waals surface area contributed by atoms with Crippen LogP contribution in [0.3, 0.4) is 0 Å². The molecule has 1 N–H and O–H groups in total. The SMILES string of the molecule is Cc1cccc(-n2c(C)cc(/C=N/NC(=O)c3ccc(COc4ccc(-n5c(C)ccc5C)cc4)o3)c2C)c1C. The number of carbonyl (C=O) groups is 1. The van der Waals surface area contributed by atoms with Gasteiger partial charge in [0.25, 0.3) is 0 Å². The molecule has 0 saturated heterocycles. The Morgan fingerprint density at radius 2 is 1.60 bits per heavy atom. The molecule has 0 bridgehead atoms. The Kier molecular flexibility index (Phi) is 7.47. The number of nitrogens with zero attached hydrogens (tertiary/aromatic N) is 3. The van der Waals surface area contributed by atoms with E-state index in [1.807, 2.05) is 31.2 Å². The van der Waals surface area contributed by atoms with Crippen molar-refractivity contribution in [2.24, 2.45) is 5.10 Å². The van der Waals surface area contributed by atoms with Gasteiger partial charge in [-0.1, -0.05) is 12.1 Å². The summed E-state index contributed by atoms with van der Waals surface area (Å²) in [5, 5.41) is 4.18. The lowest BCUT2D eigenvalue weighted by Gasteiger charge is -2.14. The number of hydrazone groups is 1. The lowest BCUT2D eigenvalue weighted by atomic mass is 10.1. The van der Waals surface area contributed by atoms with Gasteiger partial charge in [0.15, 0.2) is 5.76 Å². The van der Waals surface area contributed by atoms with Crippen molar-refractivity contribution >= 4 is 12.1 Å². The summed E-state index contributed by atoms with van der Waals surface area (Å²) in [6.07, 6.45) is 1.66. The summed E-state index contributed by atoms with van der Waals surface area (Å²) in [5.74, 6) is 1.02. The fourth-order valence-electron chi connectivity index (χ4n) is 4.98. The van der Waals surface area contributed by atoms with Crippen LogP contribution in [0.25, 0.3) is 11.4 Å². The van der Waals surface area contributed by atoms with E-state index < -0.39 is 5.91 Å². The van der Waals surface area contributed by atoms with E-state index >= 15 is 0 Å². The van der Waals surface area contributed by atoms with Crippen LogP contribution in [0.15, 0.2) is 82.3 Å². The first-order chi connectivity index (χ1) is 19.2. The van der Waals surface area contributed by atoms with Crippen LogP contribution in [-0.2, 0) is 6.61 Å². The largest absolute Gasteiger partial charge is 0.486 e. The smallest absolute Gasteiger partial charge is 0.307 e. The molecule has 0 fully saturated rings. The summed E-state index contributed by atoms with van der Waals surface area (Å²) in [6, 6.07) is 23.8. The summed E-state index contributed by atoms with van der Waals surface area (Å²) in [7, 11) is 0. The molecule has 5 aromatic rings. The van der Waals surface area contributed by atoms with Crippen LogP contribution in [0.5, 0.6) is 5.75 Å². The van der Waals surface area contributed by atoms with Gasteiger partial charge in [0.1, 0.15) is 18.1 Å². The first-order valence-electron chi connectivity index (χ1n) is 13.3. The number of hydrogen-bond acceptors (Lipinski definition) is 4. The third kappa shape index (κ3) is 5.36. The molecule has 0 saturated carbocycles. The van der Waals surface area contributed by atoms with E-state index in [2.05, 4.69) is 90.7 Å². The Balaban J connectivity index is 1.19. The monoisotopic (exact) mass is 534 g/mol. The van der Waals surface area contributed by atoms with Gasteiger partial charge in [-0.15, -0.1) is 0 Å². The minimum absolute atomic E-state index is 0.172. The number of furan rings is 1. The number of nitrogens with one attached hydrogen (secondary N) is 1. The number of carbonyl (C=O) groups excluding carboxylic acids is 1. The molecule has 0 aliphatic carbocycles. The Hall–Kier alpha value is -4.78. The molecule has 2 aromatic carbocycles. The van der Waals surface area contributed by atoms with E-state index in [9.17, 15) is 4.79 Å². The molecule has 1 amide bonds. The zero-order valence-electron chi connectivity index (χ0n) is 23.8. The van der Waals surface area contributed by atoms with Crippen LogP contribution in [-0.4, -0.2) is 21.3 Å². The van der Waals surface area contributed by atoms with Crippen molar-refractivity contribution in [3.8, 4) is 17.1 Å². The number of amides is 1. The van der Waals surface area contributed by atoms with Crippen molar-refractivity contribution in [1.29, 1.82) is 0 Å². The maximum absolute atomic E-state index is 12.6. The summed E-state index contributed by atoms with van der Waals surface area (Å²) in [5.41, 5.74) is 12.7. The standard InChI is InChI=1S/C33H34N4O3/c1-21-8-7-9-31(25(21)5)37-24(4)18-27(26(37)6)19-34-35-33(38)32-17-16-30(40-32)20-39-29-14-12-28(13-15-29)36-22(2)10-11-23(36)3/h7-19H,20H2,1-6H3,(H,35,38)/b34-19+. The van der Waals surface area contributed by atoms with E-state index in [-0.39, 0.29) is 12.4 Å². The van der Waals surface area contributed by atoms with Crippen molar-refractivity contribution in [2.75, 3.05) is 0 Å². The van der Waals surface area contributed by atoms with Gasteiger partial charge in [-0.25, -0.2) is 5.43 Å². The topological polar surface area (TPSA) is 73.7 Å². The van der Waals surface area contributed by atoms with Crippen LogP contribution in [0, 0.1) is 41.5 Å². The summed E-state index contributed by atoms with van der Waals surface area (Å²) < 4.78 is 16.0.